The molecule has 0 aliphatic carbocycles. The van der Waals surface area contributed by atoms with E-state index < -0.39 is 66.8 Å². The van der Waals surface area contributed by atoms with Crippen LogP contribution in [0.15, 0.2) is 4.99 Å². The summed E-state index contributed by atoms with van der Waals surface area (Å²) in [6.07, 6.45) is 0.884. The quantitative estimate of drug-likeness (QED) is 0.0479. The molecule has 35 heavy (non-hydrogen) atoms. The zero-order valence-electron chi connectivity index (χ0n) is 19.4. The van der Waals surface area contributed by atoms with Gasteiger partial charge in [0.25, 0.3) is 0 Å². The lowest BCUT2D eigenvalue weighted by Gasteiger charge is -2.24. The largest absolute Gasteiger partial charge is 0.480 e. The van der Waals surface area contributed by atoms with Gasteiger partial charge in [0.1, 0.15) is 18.1 Å². The smallest absolute Gasteiger partial charge is 0.326 e. The summed E-state index contributed by atoms with van der Waals surface area (Å²) in [5, 5.41) is 25.9. The van der Waals surface area contributed by atoms with Crippen molar-refractivity contribution in [1.82, 2.24) is 16.0 Å². The molecule has 16 heteroatoms. The maximum Gasteiger partial charge on any atom is 0.326 e. The summed E-state index contributed by atoms with van der Waals surface area (Å²) in [5.74, 6) is -4.88. The molecule has 0 saturated heterocycles. The molecule has 4 unspecified atom stereocenters. The Hall–Kier alpha value is -3.50. The number of aliphatic carboxylic acids is 1. The van der Waals surface area contributed by atoms with E-state index in [1.54, 1.807) is 0 Å². The van der Waals surface area contributed by atoms with Crippen LogP contribution in [0.2, 0.25) is 0 Å². The lowest BCUT2D eigenvalue weighted by Crippen LogP contribution is -2.58. The van der Waals surface area contributed by atoms with Gasteiger partial charge in [-0.25, -0.2) is 4.79 Å². The van der Waals surface area contributed by atoms with Crippen LogP contribution in [0, 0.1) is 0 Å². The van der Waals surface area contributed by atoms with Crippen molar-refractivity contribution in [3.8, 4) is 0 Å². The minimum Gasteiger partial charge on any atom is -0.480 e. The summed E-state index contributed by atoms with van der Waals surface area (Å²) in [7, 11) is 0. The van der Waals surface area contributed by atoms with E-state index in [1.165, 1.54) is 0 Å². The highest BCUT2D eigenvalue weighted by Crippen LogP contribution is 2.05. The van der Waals surface area contributed by atoms with Crippen molar-refractivity contribution in [2.24, 2.45) is 33.7 Å². The Balaban J connectivity index is 5.28. The molecule has 0 fully saturated rings. The molecule has 0 radical (unpaired) electrons. The van der Waals surface area contributed by atoms with Crippen LogP contribution in [-0.4, -0.2) is 89.6 Å². The number of carboxylic acids is 1. The van der Waals surface area contributed by atoms with Crippen molar-refractivity contribution in [3.63, 3.8) is 0 Å². The van der Waals surface area contributed by atoms with Gasteiger partial charge in [-0.1, -0.05) is 0 Å². The lowest BCUT2D eigenvalue weighted by atomic mass is 10.1. The molecule has 16 nitrogen and oxygen atoms in total. The number of aliphatic hydroxyl groups is 1. The standard InChI is InChI=1S/C19H37N9O7/c20-6-2-1-4-11(16(32)27-12(18(34)35)5-3-7-25-19(23)24)26-17(33)13(9-29)28-15(31)10(21)8-14(22)30/h10-13,29H,1-9,20-21H2,(H2,22,30)(H,26,33)(H,27,32)(H,28,31)(H,34,35)(H4,23,24,25). The monoisotopic (exact) mass is 503 g/mol. The highest BCUT2D eigenvalue weighted by atomic mass is 16.4. The molecular weight excluding hydrogens is 466 g/mol. The zero-order chi connectivity index (χ0) is 27.0. The summed E-state index contributed by atoms with van der Waals surface area (Å²) in [6, 6.07) is -5.28. The Kier molecular flexibility index (Phi) is 15.3. The van der Waals surface area contributed by atoms with Gasteiger partial charge in [-0.2, -0.15) is 0 Å². The number of aliphatic imine (C=N–C) groups is 1. The van der Waals surface area contributed by atoms with Crippen LogP contribution >= 0.6 is 0 Å². The number of carbonyl (C=O) groups is 5. The molecule has 0 rings (SSSR count). The Morgan fingerprint density at radius 2 is 1.34 bits per heavy atom. The first kappa shape index (κ1) is 31.5. The third-order valence-electron chi connectivity index (χ3n) is 4.71. The van der Waals surface area contributed by atoms with Crippen LogP contribution in [0.3, 0.4) is 0 Å². The summed E-state index contributed by atoms with van der Waals surface area (Å²) in [5.41, 5.74) is 26.4. The first-order valence-electron chi connectivity index (χ1n) is 11.0. The van der Waals surface area contributed by atoms with E-state index in [0.29, 0.717) is 19.4 Å². The number of primary amides is 1. The SMILES string of the molecule is NCCCCC(NC(=O)C(CO)NC(=O)C(N)CC(N)=O)C(=O)NC(CCCN=C(N)N)C(=O)O. The Morgan fingerprint density at radius 1 is 0.800 bits per heavy atom. The summed E-state index contributed by atoms with van der Waals surface area (Å²) < 4.78 is 0. The minimum atomic E-state index is -1.49. The summed E-state index contributed by atoms with van der Waals surface area (Å²) >= 11 is 0. The number of carboxylic acid groups (broad SMARTS) is 1. The number of aliphatic hydroxyl groups excluding tert-OH is 1. The lowest BCUT2D eigenvalue weighted by molar-refractivity contribution is -0.142. The fraction of sp³-hybridized carbons (Fsp3) is 0.684. The van der Waals surface area contributed by atoms with Gasteiger partial charge in [0, 0.05) is 6.54 Å². The second-order valence-electron chi connectivity index (χ2n) is 7.71. The third kappa shape index (κ3) is 13.7. The molecule has 0 aromatic heterocycles. The molecule has 0 saturated carbocycles. The van der Waals surface area contributed by atoms with Gasteiger partial charge in [0.15, 0.2) is 5.96 Å². The molecule has 15 N–H and O–H groups in total. The Bertz CT molecular complexity index is 759. The maximum absolute atomic E-state index is 12.8. The van der Waals surface area contributed by atoms with Crippen molar-refractivity contribution in [3.05, 3.63) is 0 Å². The number of nitrogens with zero attached hydrogens (tertiary/aromatic N) is 1. The topological polar surface area (TPSA) is 304 Å². The van der Waals surface area contributed by atoms with Crippen LogP contribution < -0.4 is 44.6 Å². The molecule has 4 atom stereocenters. The van der Waals surface area contributed by atoms with Crippen molar-refractivity contribution < 1.29 is 34.2 Å². The molecule has 0 aromatic carbocycles. The fourth-order valence-electron chi connectivity index (χ4n) is 2.85. The van der Waals surface area contributed by atoms with Gasteiger partial charge in [0.05, 0.1) is 19.1 Å². The van der Waals surface area contributed by atoms with Crippen molar-refractivity contribution in [2.75, 3.05) is 19.7 Å². The molecule has 0 aliphatic rings. The second-order valence-corrected chi connectivity index (χ2v) is 7.71. The van der Waals surface area contributed by atoms with E-state index in [1.807, 2.05) is 0 Å². The van der Waals surface area contributed by atoms with Crippen molar-refractivity contribution in [1.29, 1.82) is 0 Å². The number of hydrogen-bond acceptors (Lipinski definition) is 9. The molecule has 0 spiro atoms. The van der Waals surface area contributed by atoms with E-state index in [-0.39, 0.29) is 31.8 Å². The van der Waals surface area contributed by atoms with Crippen molar-refractivity contribution >= 4 is 35.6 Å². The maximum atomic E-state index is 12.8. The highest BCUT2D eigenvalue weighted by molar-refractivity contribution is 5.95. The van der Waals surface area contributed by atoms with Gasteiger partial charge in [-0.3, -0.25) is 24.2 Å². The van der Waals surface area contributed by atoms with Crippen LogP contribution in [0.25, 0.3) is 0 Å². The minimum absolute atomic E-state index is 0.0222. The number of nitrogens with one attached hydrogen (secondary N) is 3. The fourth-order valence-corrected chi connectivity index (χ4v) is 2.85. The van der Waals surface area contributed by atoms with Crippen LogP contribution in [0.1, 0.15) is 38.5 Å². The number of carbonyl (C=O) groups excluding carboxylic acids is 4. The molecular formula is C19H37N9O7. The number of hydrogen-bond donors (Lipinski definition) is 10. The molecule has 0 bridgehead atoms. The number of amides is 4. The number of guanidine groups is 1. The first-order chi connectivity index (χ1) is 16.4. The molecule has 200 valence electrons. The molecule has 0 aromatic rings. The van der Waals surface area contributed by atoms with Gasteiger partial charge in [0.2, 0.25) is 23.6 Å². The highest BCUT2D eigenvalue weighted by Gasteiger charge is 2.30. The van der Waals surface area contributed by atoms with E-state index in [0.717, 1.165) is 0 Å². The average molecular weight is 504 g/mol. The predicted molar refractivity (Wildman–Crippen MR) is 125 cm³/mol. The van der Waals surface area contributed by atoms with Crippen molar-refractivity contribution in [2.45, 2.75) is 62.7 Å². The number of nitrogens with two attached hydrogens (primary N) is 5. The van der Waals surface area contributed by atoms with E-state index in [4.69, 9.17) is 28.7 Å². The van der Waals surface area contributed by atoms with Crippen LogP contribution in [0.4, 0.5) is 0 Å². The number of rotatable bonds is 18. The molecule has 0 heterocycles. The second kappa shape index (κ2) is 17.0. The molecule has 0 aliphatic heterocycles. The molecule has 4 amide bonds. The third-order valence-corrected chi connectivity index (χ3v) is 4.71. The first-order valence-corrected chi connectivity index (χ1v) is 11.0. The van der Waals surface area contributed by atoms with E-state index in [2.05, 4.69) is 20.9 Å². The van der Waals surface area contributed by atoms with Crippen LogP contribution in [-0.2, 0) is 24.0 Å². The average Bonchev–Trinajstić information content (AvgIpc) is 2.77. The van der Waals surface area contributed by atoms with Crippen LogP contribution in [0.5, 0.6) is 0 Å². The van der Waals surface area contributed by atoms with Gasteiger partial charge < -0.3 is 54.8 Å². The van der Waals surface area contributed by atoms with Gasteiger partial charge in [-0.05, 0) is 38.6 Å². The zero-order valence-corrected chi connectivity index (χ0v) is 19.4. The Labute approximate surface area is 202 Å². The van der Waals surface area contributed by atoms with E-state index >= 15 is 0 Å². The number of unbranched alkanes of at least 4 members (excludes halogenated alkanes) is 1. The van der Waals surface area contributed by atoms with Gasteiger partial charge in [-0.15, -0.1) is 0 Å². The normalized spacial score (nSPS) is 14.0. The van der Waals surface area contributed by atoms with E-state index in [9.17, 15) is 34.2 Å². The summed E-state index contributed by atoms with van der Waals surface area (Å²) in [6.45, 7) is -0.340. The summed E-state index contributed by atoms with van der Waals surface area (Å²) in [4.78, 5) is 63.7. The predicted octanol–water partition coefficient (Wildman–Crippen LogP) is -5.10. The Morgan fingerprint density at radius 3 is 1.86 bits per heavy atom. The van der Waals surface area contributed by atoms with Gasteiger partial charge >= 0.3 is 5.97 Å².